The molecule has 3 N–H and O–H groups in total. The molecule has 0 fully saturated rings. The van der Waals surface area contributed by atoms with Crippen LogP contribution in [0.1, 0.15) is 12.7 Å². The molecule has 0 amide bonds. The molecule has 0 saturated heterocycles. The minimum absolute atomic E-state index is 0.424. The number of aromatic nitrogens is 3. The lowest BCUT2D eigenvalue weighted by Gasteiger charge is -2.01. The lowest BCUT2D eigenvalue weighted by Crippen LogP contribution is -2.09. The van der Waals surface area contributed by atoms with E-state index in [0.717, 1.165) is 6.42 Å². The number of nitrogens with one attached hydrogen (secondary N) is 1. The molecule has 2 aromatic heterocycles. The molecule has 0 aliphatic rings. The van der Waals surface area contributed by atoms with E-state index in [9.17, 15) is 0 Å². The van der Waals surface area contributed by atoms with Crippen LogP contribution in [-0.2, 0) is 6.42 Å². The van der Waals surface area contributed by atoms with Gasteiger partial charge in [0.15, 0.2) is 11.6 Å². The minimum atomic E-state index is 0.424. The number of hydrogen-bond acceptors (Lipinski definition) is 6. The molecule has 0 unspecified atom stereocenters. The van der Waals surface area contributed by atoms with Crippen molar-refractivity contribution in [2.75, 3.05) is 5.43 Å². The lowest BCUT2D eigenvalue weighted by atomic mass is 10.2. The molecule has 78 valence electrons. The van der Waals surface area contributed by atoms with Crippen molar-refractivity contribution >= 4 is 5.82 Å². The Kier molecular flexibility index (Phi) is 2.59. The van der Waals surface area contributed by atoms with Gasteiger partial charge in [-0.25, -0.2) is 10.8 Å². The number of pyridine rings is 1. The van der Waals surface area contributed by atoms with E-state index in [1.807, 2.05) is 13.0 Å². The van der Waals surface area contributed by atoms with Crippen molar-refractivity contribution in [3.8, 4) is 11.5 Å². The van der Waals surface area contributed by atoms with Crippen LogP contribution in [0.4, 0.5) is 5.82 Å². The molecule has 0 aliphatic carbocycles. The van der Waals surface area contributed by atoms with Gasteiger partial charge in [-0.05, 0) is 12.1 Å². The molecule has 2 rings (SSSR count). The number of nitrogen functional groups attached to an aromatic ring is 1. The SMILES string of the molecule is CCc1noc(-c2cccnc2NN)n1. The molecule has 15 heavy (non-hydrogen) atoms. The second-order valence-corrected chi connectivity index (χ2v) is 2.91. The van der Waals surface area contributed by atoms with Crippen LogP contribution in [0.5, 0.6) is 0 Å². The van der Waals surface area contributed by atoms with E-state index in [4.69, 9.17) is 10.4 Å². The Balaban J connectivity index is 2.44. The van der Waals surface area contributed by atoms with Gasteiger partial charge < -0.3 is 9.95 Å². The summed E-state index contributed by atoms with van der Waals surface area (Å²) >= 11 is 0. The van der Waals surface area contributed by atoms with Gasteiger partial charge in [-0.3, -0.25) is 0 Å². The molecule has 0 aliphatic heterocycles. The normalized spacial score (nSPS) is 10.3. The first kappa shape index (κ1) is 9.60. The van der Waals surface area contributed by atoms with Gasteiger partial charge in [0.25, 0.3) is 5.89 Å². The number of hydrogen-bond donors (Lipinski definition) is 2. The maximum Gasteiger partial charge on any atom is 0.261 e. The lowest BCUT2D eigenvalue weighted by molar-refractivity contribution is 0.423. The second kappa shape index (κ2) is 4.05. The fraction of sp³-hybridized carbons (Fsp3) is 0.222. The Morgan fingerprint density at radius 1 is 1.53 bits per heavy atom. The van der Waals surface area contributed by atoms with Crippen LogP contribution >= 0.6 is 0 Å². The Bertz CT molecular complexity index is 453. The van der Waals surface area contributed by atoms with Gasteiger partial charge in [0, 0.05) is 12.6 Å². The van der Waals surface area contributed by atoms with Gasteiger partial charge in [0.05, 0.1) is 5.56 Å². The van der Waals surface area contributed by atoms with E-state index in [0.29, 0.717) is 23.1 Å². The predicted molar refractivity (Wildman–Crippen MR) is 54.7 cm³/mol. The highest BCUT2D eigenvalue weighted by molar-refractivity contribution is 5.67. The third kappa shape index (κ3) is 1.79. The number of aryl methyl sites for hydroxylation is 1. The van der Waals surface area contributed by atoms with Crippen LogP contribution in [0.3, 0.4) is 0 Å². The van der Waals surface area contributed by atoms with Crippen molar-refractivity contribution in [3.05, 3.63) is 24.2 Å². The van der Waals surface area contributed by atoms with Crippen molar-refractivity contribution in [1.29, 1.82) is 0 Å². The molecule has 2 aromatic rings. The summed E-state index contributed by atoms with van der Waals surface area (Å²) in [7, 11) is 0. The fourth-order valence-corrected chi connectivity index (χ4v) is 1.20. The topological polar surface area (TPSA) is 89.9 Å². The third-order valence-electron chi connectivity index (χ3n) is 1.96. The summed E-state index contributed by atoms with van der Waals surface area (Å²) in [6.07, 6.45) is 2.37. The summed E-state index contributed by atoms with van der Waals surface area (Å²) in [5, 5.41) is 3.80. The summed E-state index contributed by atoms with van der Waals surface area (Å²) in [5.41, 5.74) is 3.18. The van der Waals surface area contributed by atoms with E-state index in [1.165, 1.54) is 0 Å². The van der Waals surface area contributed by atoms with E-state index in [1.54, 1.807) is 12.3 Å². The largest absolute Gasteiger partial charge is 0.334 e. The molecule has 0 spiro atoms. The summed E-state index contributed by atoms with van der Waals surface area (Å²) in [5.74, 6) is 6.93. The average molecular weight is 205 g/mol. The molecular weight excluding hydrogens is 194 g/mol. The number of nitrogens with two attached hydrogens (primary N) is 1. The third-order valence-corrected chi connectivity index (χ3v) is 1.96. The van der Waals surface area contributed by atoms with Crippen molar-refractivity contribution < 1.29 is 4.52 Å². The Morgan fingerprint density at radius 3 is 3.07 bits per heavy atom. The molecule has 0 radical (unpaired) electrons. The van der Waals surface area contributed by atoms with Gasteiger partial charge >= 0.3 is 0 Å². The summed E-state index contributed by atoms with van der Waals surface area (Å²) in [4.78, 5) is 8.24. The van der Waals surface area contributed by atoms with Crippen LogP contribution < -0.4 is 11.3 Å². The highest BCUT2D eigenvalue weighted by Gasteiger charge is 2.11. The van der Waals surface area contributed by atoms with E-state index in [2.05, 4.69) is 20.6 Å². The molecule has 0 saturated carbocycles. The maximum atomic E-state index is 5.32. The predicted octanol–water partition coefficient (Wildman–Crippen LogP) is 0.980. The fourth-order valence-electron chi connectivity index (χ4n) is 1.20. The van der Waals surface area contributed by atoms with Gasteiger partial charge in [0.2, 0.25) is 0 Å². The zero-order valence-electron chi connectivity index (χ0n) is 8.27. The highest BCUT2D eigenvalue weighted by atomic mass is 16.5. The first-order valence-electron chi connectivity index (χ1n) is 4.59. The summed E-state index contributed by atoms with van der Waals surface area (Å²) in [6.45, 7) is 1.96. The Labute approximate surface area is 86.5 Å². The molecule has 0 atom stereocenters. The second-order valence-electron chi connectivity index (χ2n) is 2.91. The van der Waals surface area contributed by atoms with Crippen molar-refractivity contribution in [1.82, 2.24) is 15.1 Å². The standard InChI is InChI=1S/C9H11N5O/c1-2-7-12-9(15-14-7)6-4-3-5-11-8(6)13-10/h3-5H,2,10H2,1H3,(H,11,13). The zero-order valence-corrected chi connectivity index (χ0v) is 8.27. The average Bonchev–Trinajstić information content (AvgIpc) is 2.77. The van der Waals surface area contributed by atoms with E-state index in [-0.39, 0.29) is 0 Å². The van der Waals surface area contributed by atoms with Gasteiger partial charge in [0.1, 0.15) is 0 Å². The first-order chi connectivity index (χ1) is 7.35. The minimum Gasteiger partial charge on any atom is -0.334 e. The van der Waals surface area contributed by atoms with E-state index >= 15 is 0 Å². The van der Waals surface area contributed by atoms with Crippen LogP contribution in [0, 0.1) is 0 Å². The Hall–Kier alpha value is -1.95. The van der Waals surface area contributed by atoms with Gasteiger partial charge in [-0.2, -0.15) is 4.98 Å². The van der Waals surface area contributed by atoms with Crippen LogP contribution in [0.2, 0.25) is 0 Å². The van der Waals surface area contributed by atoms with Gasteiger partial charge in [-0.15, -0.1) is 0 Å². The number of hydrazine groups is 1. The molecule has 0 aromatic carbocycles. The number of anilines is 1. The zero-order chi connectivity index (χ0) is 10.7. The highest BCUT2D eigenvalue weighted by Crippen LogP contribution is 2.23. The summed E-state index contributed by atoms with van der Waals surface area (Å²) < 4.78 is 5.09. The van der Waals surface area contributed by atoms with Crippen LogP contribution in [0.25, 0.3) is 11.5 Å². The maximum absolute atomic E-state index is 5.32. The van der Waals surface area contributed by atoms with Crippen molar-refractivity contribution in [2.45, 2.75) is 13.3 Å². The number of rotatable bonds is 3. The van der Waals surface area contributed by atoms with Crippen LogP contribution in [0.15, 0.2) is 22.9 Å². The molecule has 2 heterocycles. The molecule has 6 nitrogen and oxygen atoms in total. The van der Waals surface area contributed by atoms with Crippen LogP contribution in [-0.4, -0.2) is 15.1 Å². The van der Waals surface area contributed by atoms with Crippen molar-refractivity contribution in [3.63, 3.8) is 0 Å². The Morgan fingerprint density at radius 2 is 2.40 bits per heavy atom. The molecular formula is C9H11N5O. The van der Waals surface area contributed by atoms with Crippen molar-refractivity contribution in [2.24, 2.45) is 5.84 Å². The first-order valence-corrected chi connectivity index (χ1v) is 4.59. The number of nitrogens with zero attached hydrogens (tertiary/aromatic N) is 3. The quantitative estimate of drug-likeness (QED) is 0.573. The monoisotopic (exact) mass is 205 g/mol. The van der Waals surface area contributed by atoms with Gasteiger partial charge in [-0.1, -0.05) is 12.1 Å². The van der Waals surface area contributed by atoms with E-state index < -0.39 is 0 Å². The smallest absolute Gasteiger partial charge is 0.261 e. The summed E-state index contributed by atoms with van der Waals surface area (Å²) in [6, 6.07) is 3.60. The molecule has 0 bridgehead atoms. The molecule has 6 heteroatoms.